The summed E-state index contributed by atoms with van der Waals surface area (Å²) in [5, 5.41) is 0. The molecule has 0 amide bonds. The third-order valence-electron chi connectivity index (χ3n) is 3.45. The van der Waals surface area contributed by atoms with E-state index >= 15 is 0 Å². The average molecular weight is 271 g/mol. The van der Waals surface area contributed by atoms with Gasteiger partial charge in [-0.05, 0) is 30.0 Å². The van der Waals surface area contributed by atoms with Crippen LogP contribution in [0.3, 0.4) is 0 Å². The summed E-state index contributed by atoms with van der Waals surface area (Å²) in [5.74, 6) is 1.66. The van der Waals surface area contributed by atoms with Gasteiger partial charge < -0.3 is 15.2 Å². The highest BCUT2D eigenvalue weighted by molar-refractivity contribution is 5.41. The fourth-order valence-electron chi connectivity index (χ4n) is 2.24. The van der Waals surface area contributed by atoms with Gasteiger partial charge in [-0.2, -0.15) is 0 Å². The first-order chi connectivity index (χ1) is 9.74. The Kier molecular flexibility index (Phi) is 5.02. The minimum Gasteiger partial charge on any atom is -0.497 e. The summed E-state index contributed by atoms with van der Waals surface area (Å²) in [4.78, 5) is 0. The molecule has 0 bridgehead atoms. The molecule has 2 N–H and O–H groups in total. The summed E-state index contributed by atoms with van der Waals surface area (Å²) in [6, 6.07) is 16.1. The van der Waals surface area contributed by atoms with Crippen LogP contribution in [-0.4, -0.2) is 14.2 Å². The number of nitrogens with two attached hydrogens (primary N) is 1. The highest BCUT2D eigenvalue weighted by Crippen LogP contribution is 2.27. The molecule has 0 fully saturated rings. The third-order valence-corrected chi connectivity index (χ3v) is 3.45. The quantitative estimate of drug-likeness (QED) is 0.876. The largest absolute Gasteiger partial charge is 0.497 e. The van der Waals surface area contributed by atoms with Gasteiger partial charge in [0.15, 0.2) is 0 Å². The molecule has 0 saturated carbocycles. The second kappa shape index (κ2) is 6.96. The molecule has 0 spiro atoms. The maximum absolute atomic E-state index is 6.22. The molecule has 3 nitrogen and oxygen atoms in total. The van der Waals surface area contributed by atoms with Gasteiger partial charge in [-0.25, -0.2) is 0 Å². The highest BCUT2D eigenvalue weighted by Gasteiger charge is 2.09. The van der Waals surface area contributed by atoms with Crippen molar-refractivity contribution < 1.29 is 9.47 Å². The first kappa shape index (κ1) is 14.4. The number of methoxy groups -OCH3 is 2. The molecular formula is C17H21NO2. The Morgan fingerprint density at radius 3 is 2.40 bits per heavy atom. The summed E-state index contributed by atoms with van der Waals surface area (Å²) in [5.41, 5.74) is 8.54. The van der Waals surface area contributed by atoms with Crippen LogP contribution in [0.4, 0.5) is 0 Å². The zero-order valence-corrected chi connectivity index (χ0v) is 12.0. The Morgan fingerprint density at radius 1 is 1.00 bits per heavy atom. The van der Waals surface area contributed by atoms with E-state index in [0.717, 1.165) is 29.9 Å². The molecule has 0 saturated heterocycles. The van der Waals surface area contributed by atoms with Gasteiger partial charge in [-0.3, -0.25) is 0 Å². The third kappa shape index (κ3) is 3.52. The fraction of sp³-hybridized carbons (Fsp3) is 0.294. The SMILES string of the molecule is COc1ccc(CCC(N)c2ccccc2)c(OC)c1. The van der Waals surface area contributed by atoms with Crippen molar-refractivity contribution in [3.05, 3.63) is 59.7 Å². The fourth-order valence-corrected chi connectivity index (χ4v) is 2.24. The minimum atomic E-state index is 0.0445. The van der Waals surface area contributed by atoms with Gasteiger partial charge in [0, 0.05) is 12.1 Å². The van der Waals surface area contributed by atoms with E-state index in [1.165, 1.54) is 5.56 Å². The van der Waals surface area contributed by atoms with Crippen molar-refractivity contribution in [3.63, 3.8) is 0 Å². The lowest BCUT2D eigenvalue weighted by Crippen LogP contribution is -2.11. The second-order valence-electron chi connectivity index (χ2n) is 4.73. The van der Waals surface area contributed by atoms with Gasteiger partial charge in [0.1, 0.15) is 11.5 Å². The Bertz CT molecular complexity index is 540. The van der Waals surface area contributed by atoms with Crippen LogP contribution >= 0.6 is 0 Å². The lowest BCUT2D eigenvalue weighted by atomic mass is 9.99. The van der Waals surface area contributed by atoms with E-state index in [1.807, 2.05) is 36.4 Å². The van der Waals surface area contributed by atoms with E-state index in [0.29, 0.717) is 0 Å². The standard InChI is InChI=1S/C17H21NO2/c1-19-15-10-8-14(17(12-15)20-2)9-11-16(18)13-6-4-3-5-7-13/h3-8,10,12,16H,9,11,18H2,1-2H3. The monoisotopic (exact) mass is 271 g/mol. The molecule has 20 heavy (non-hydrogen) atoms. The van der Waals surface area contributed by atoms with E-state index in [-0.39, 0.29) is 6.04 Å². The van der Waals surface area contributed by atoms with Crippen LogP contribution in [0.25, 0.3) is 0 Å². The van der Waals surface area contributed by atoms with Crippen LogP contribution in [0.5, 0.6) is 11.5 Å². The summed E-state index contributed by atoms with van der Waals surface area (Å²) in [6.45, 7) is 0. The van der Waals surface area contributed by atoms with Gasteiger partial charge in [-0.15, -0.1) is 0 Å². The molecule has 0 aliphatic heterocycles. The first-order valence-electron chi connectivity index (χ1n) is 6.76. The molecule has 0 aliphatic rings. The molecule has 1 atom stereocenters. The van der Waals surface area contributed by atoms with Crippen molar-refractivity contribution in [2.24, 2.45) is 5.73 Å². The number of benzene rings is 2. The molecule has 2 aromatic carbocycles. The van der Waals surface area contributed by atoms with Crippen molar-refractivity contribution in [2.45, 2.75) is 18.9 Å². The van der Waals surface area contributed by atoms with Gasteiger partial charge in [0.05, 0.1) is 14.2 Å². The zero-order chi connectivity index (χ0) is 14.4. The Balaban J connectivity index is 2.03. The van der Waals surface area contributed by atoms with E-state index in [4.69, 9.17) is 15.2 Å². The lowest BCUT2D eigenvalue weighted by Gasteiger charge is -2.14. The van der Waals surface area contributed by atoms with E-state index < -0.39 is 0 Å². The second-order valence-corrected chi connectivity index (χ2v) is 4.73. The maximum atomic E-state index is 6.22. The van der Waals surface area contributed by atoms with Crippen LogP contribution in [-0.2, 0) is 6.42 Å². The Labute approximate surface area is 120 Å². The molecule has 0 aromatic heterocycles. The normalized spacial score (nSPS) is 11.9. The van der Waals surface area contributed by atoms with Crippen molar-refractivity contribution in [3.8, 4) is 11.5 Å². The van der Waals surface area contributed by atoms with Gasteiger partial charge >= 0.3 is 0 Å². The molecule has 2 aromatic rings. The van der Waals surface area contributed by atoms with E-state index in [2.05, 4.69) is 12.1 Å². The summed E-state index contributed by atoms with van der Waals surface area (Å²) < 4.78 is 10.6. The number of ether oxygens (including phenoxy) is 2. The van der Waals surface area contributed by atoms with Gasteiger partial charge in [-0.1, -0.05) is 36.4 Å². The van der Waals surface area contributed by atoms with Crippen molar-refractivity contribution in [2.75, 3.05) is 14.2 Å². The zero-order valence-electron chi connectivity index (χ0n) is 12.0. The summed E-state index contributed by atoms with van der Waals surface area (Å²) in [6.07, 6.45) is 1.76. The molecule has 2 rings (SSSR count). The van der Waals surface area contributed by atoms with Gasteiger partial charge in [0.2, 0.25) is 0 Å². The smallest absolute Gasteiger partial charge is 0.125 e. The number of aryl methyl sites for hydroxylation is 1. The molecular weight excluding hydrogens is 250 g/mol. The minimum absolute atomic E-state index is 0.0445. The molecule has 106 valence electrons. The predicted octanol–water partition coefficient (Wildman–Crippen LogP) is 3.34. The molecule has 0 radical (unpaired) electrons. The number of hydrogen-bond acceptors (Lipinski definition) is 3. The van der Waals surface area contributed by atoms with Crippen molar-refractivity contribution in [1.82, 2.24) is 0 Å². The van der Waals surface area contributed by atoms with Crippen LogP contribution in [0.2, 0.25) is 0 Å². The Morgan fingerprint density at radius 2 is 1.75 bits per heavy atom. The topological polar surface area (TPSA) is 44.5 Å². The van der Waals surface area contributed by atoms with Crippen LogP contribution in [0.15, 0.2) is 48.5 Å². The van der Waals surface area contributed by atoms with Crippen LogP contribution < -0.4 is 15.2 Å². The van der Waals surface area contributed by atoms with Gasteiger partial charge in [0.25, 0.3) is 0 Å². The molecule has 3 heteroatoms. The maximum Gasteiger partial charge on any atom is 0.125 e. The molecule has 0 heterocycles. The first-order valence-corrected chi connectivity index (χ1v) is 6.76. The van der Waals surface area contributed by atoms with Crippen LogP contribution in [0, 0.1) is 0 Å². The highest BCUT2D eigenvalue weighted by atomic mass is 16.5. The number of hydrogen-bond donors (Lipinski definition) is 1. The lowest BCUT2D eigenvalue weighted by molar-refractivity contribution is 0.390. The van der Waals surface area contributed by atoms with E-state index in [1.54, 1.807) is 14.2 Å². The Hall–Kier alpha value is -2.00. The van der Waals surface area contributed by atoms with Crippen molar-refractivity contribution >= 4 is 0 Å². The number of rotatable bonds is 6. The van der Waals surface area contributed by atoms with Crippen molar-refractivity contribution in [1.29, 1.82) is 0 Å². The summed E-state index contributed by atoms with van der Waals surface area (Å²) >= 11 is 0. The predicted molar refractivity (Wildman–Crippen MR) is 81.2 cm³/mol. The molecule has 1 unspecified atom stereocenters. The average Bonchev–Trinajstić information content (AvgIpc) is 2.53. The van der Waals surface area contributed by atoms with E-state index in [9.17, 15) is 0 Å². The molecule has 0 aliphatic carbocycles. The van der Waals surface area contributed by atoms with Crippen LogP contribution in [0.1, 0.15) is 23.6 Å². The summed E-state index contributed by atoms with van der Waals surface area (Å²) in [7, 11) is 3.33.